The molecule has 2 heterocycles. The number of nitrogens with zero attached hydrogens (tertiary/aromatic N) is 2. The number of benzene rings is 1. The molecule has 1 aromatic carbocycles. The van der Waals surface area contributed by atoms with Gasteiger partial charge in [0.25, 0.3) is 0 Å². The van der Waals surface area contributed by atoms with Gasteiger partial charge < -0.3 is 19.5 Å². The number of aryl methyl sites for hydroxylation is 1. The second-order valence-electron chi connectivity index (χ2n) is 8.57. The van der Waals surface area contributed by atoms with Gasteiger partial charge in [0.2, 0.25) is 0 Å². The van der Waals surface area contributed by atoms with Gasteiger partial charge in [0, 0.05) is 28.9 Å². The Balaban J connectivity index is 0.00000363. The molecule has 1 aliphatic heterocycles. The lowest BCUT2D eigenvalue weighted by molar-refractivity contribution is -0.142. The van der Waals surface area contributed by atoms with Crippen LogP contribution in [0.15, 0.2) is 24.3 Å². The maximum absolute atomic E-state index is 13.1. The molecule has 0 radical (unpaired) electrons. The number of rotatable bonds is 6. The van der Waals surface area contributed by atoms with Gasteiger partial charge in [-0.1, -0.05) is 26.8 Å². The molecular formula is C23H28BrN3O5. The van der Waals surface area contributed by atoms with Crippen LogP contribution in [0, 0.1) is 12.3 Å². The smallest absolute Gasteiger partial charge is 0.343 e. The van der Waals surface area contributed by atoms with Gasteiger partial charge in [-0.05, 0) is 30.5 Å². The number of amidine groups is 1. The Bertz CT molecular complexity index is 1060. The zero-order chi connectivity index (χ0) is 22.9. The van der Waals surface area contributed by atoms with Gasteiger partial charge >= 0.3 is 5.97 Å². The number of carbonyl (C=O) groups excluding carboxylic acids is 2. The van der Waals surface area contributed by atoms with E-state index >= 15 is 0 Å². The molecule has 8 nitrogen and oxygen atoms in total. The van der Waals surface area contributed by atoms with Crippen LogP contribution in [0.2, 0.25) is 0 Å². The van der Waals surface area contributed by atoms with Crippen LogP contribution in [-0.4, -0.2) is 52.8 Å². The van der Waals surface area contributed by atoms with Crippen molar-refractivity contribution in [2.24, 2.45) is 0 Å². The number of nitrogens with one attached hydrogen (secondary N) is 1. The van der Waals surface area contributed by atoms with Gasteiger partial charge in [0.05, 0.1) is 13.7 Å². The van der Waals surface area contributed by atoms with E-state index in [4.69, 9.17) is 10.1 Å². The first-order valence-corrected chi connectivity index (χ1v) is 9.92. The fraction of sp³-hybridized carbons (Fsp3) is 0.391. The summed E-state index contributed by atoms with van der Waals surface area (Å²) in [6.07, 6.45) is 0. The first-order valence-electron chi connectivity index (χ1n) is 9.92. The molecule has 0 saturated heterocycles. The number of phenols is 1. The third-order valence-electron chi connectivity index (χ3n) is 5.13. The number of aromatic hydroxyl groups is 1. The number of fused-ring (bicyclic) bond motifs is 1. The minimum atomic E-state index is -0.598. The van der Waals surface area contributed by atoms with Gasteiger partial charge in [0.15, 0.2) is 23.9 Å². The monoisotopic (exact) mass is 505 g/mol. The molecule has 0 fully saturated rings. The van der Waals surface area contributed by atoms with E-state index in [9.17, 15) is 14.7 Å². The van der Waals surface area contributed by atoms with Crippen LogP contribution in [-0.2, 0) is 21.5 Å². The lowest BCUT2D eigenvalue weighted by Gasteiger charge is -2.23. The molecule has 2 aromatic rings. The quantitative estimate of drug-likeness (QED) is 0.455. The predicted molar refractivity (Wildman–Crippen MR) is 125 cm³/mol. The van der Waals surface area contributed by atoms with E-state index in [2.05, 4.69) is 9.72 Å². The molecule has 1 aromatic heterocycles. The maximum Gasteiger partial charge on any atom is 0.343 e. The first-order chi connectivity index (χ1) is 14.5. The summed E-state index contributed by atoms with van der Waals surface area (Å²) in [5.74, 6) is -0.696. The fourth-order valence-corrected chi connectivity index (χ4v) is 3.40. The van der Waals surface area contributed by atoms with Gasteiger partial charge in [-0.3, -0.25) is 10.2 Å². The second-order valence-corrected chi connectivity index (χ2v) is 8.57. The molecule has 0 spiro atoms. The molecule has 172 valence electrons. The average Bonchev–Trinajstić information content (AvgIpc) is 3.00. The Morgan fingerprint density at radius 2 is 1.94 bits per heavy atom. The lowest BCUT2D eigenvalue weighted by Crippen LogP contribution is -2.30. The van der Waals surface area contributed by atoms with Crippen LogP contribution >= 0.6 is 17.0 Å². The summed E-state index contributed by atoms with van der Waals surface area (Å²) < 4.78 is 10.0. The summed E-state index contributed by atoms with van der Waals surface area (Å²) in [4.78, 5) is 30.7. The highest BCUT2D eigenvalue weighted by Gasteiger charge is 2.29. The zero-order valence-electron chi connectivity index (χ0n) is 18.8. The standard InChI is InChI=1S/C23H27N3O5.BrH/c1-13-6-7-14-10-26(22(24)20(14)25-13)11-17(27)15-8-16(23(2,3)4)21(29)18(9-15)31-12-19(28)30-5;/h6-9,24,29H,10-12H2,1-5H3;1H. The molecule has 9 heteroatoms. The largest absolute Gasteiger partial charge is 0.504 e. The third-order valence-corrected chi connectivity index (χ3v) is 5.13. The molecule has 0 saturated carbocycles. The Morgan fingerprint density at radius 1 is 1.25 bits per heavy atom. The van der Waals surface area contributed by atoms with Crippen molar-refractivity contribution in [1.29, 1.82) is 5.41 Å². The number of ketones is 1. The molecule has 3 rings (SSSR count). The van der Waals surface area contributed by atoms with E-state index in [1.54, 1.807) is 11.0 Å². The summed E-state index contributed by atoms with van der Waals surface area (Å²) in [6, 6.07) is 6.87. The van der Waals surface area contributed by atoms with Crippen molar-refractivity contribution >= 4 is 34.6 Å². The van der Waals surface area contributed by atoms with Crippen molar-refractivity contribution in [2.75, 3.05) is 20.3 Å². The summed E-state index contributed by atoms with van der Waals surface area (Å²) in [5.41, 5.74) is 2.70. The zero-order valence-corrected chi connectivity index (χ0v) is 20.5. The van der Waals surface area contributed by atoms with Crippen molar-refractivity contribution < 1.29 is 24.2 Å². The number of halogens is 1. The van der Waals surface area contributed by atoms with Gasteiger partial charge in [-0.25, -0.2) is 9.78 Å². The number of methoxy groups -OCH3 is 1. The van der Waals surface area contributed by atoms with E-state index in [0.29, 0.717) is 23.4 Å². The number of hydrogen-bond acceptors (Lipinski definition) is 7. The van der Waals surface area contributed by atoms with Crippen LogP contribution in [0.1, 0.15) is 53.6 Å². The Kier molecular flexibility index (Phi) is 7.66. The van der Waals surface area contributed by atoms with E-state index in [-0.39, 0.29) is 53.3 Å². The SMILES string of the molecule is Br.COC(=O)COc1cc(C(=O)CN2Cc3ccc(C)nc3C2=N)cc(C(C)(C)C)c1O. The molecule has 0 aliphatic carbocycles. The number of pyridine rings is 1. The van der Waals surface area contributed by atoms with E-state index < -0.39 is 11.4 Å². The Labute approximate surface area is 197 Å². The molecule has 0 unspecified atom stereocenters. The number of carbonyl (C=O) groups is 2. The van der Waals surface area contributed by atoms with E-state index in [1.165, 1.54) is 13.2 Å². The van der Waals surface area contributed by atoms with Crippen LogP contribution < -0.4 is 4.74 Å². The van der Waals surface area contributed by atoms with Crippen LogP contribution in [0.3, 0.4) is 0 Å². The Hall–Kier alpha value is -2.94. The topological polar surface area (TPSA) is 113 Å². The number of Topliss-reactive ketones (excluding diaryl/α,β-unsaturated/α-hetero) is 1. The lowest BCUT2D eigenvalue weighted by atomic mass is 9.84. The molecule has 1 aliphatic rings. The second kappa shape index (κ2) is 9.68. The number of aromatic nitrogens is 1. The van der Waals surface area contributed by atoms with Crippen molar-refractivity contribution in [1.82, 2.24) is 9.88 Å². The Morgan fingerprint density at radius 3 is 2.56 bits per heavy atom. The van der Waals surface area contributed by atoms with Crippen molar-refractivity contribution in [3.63, 3.8) is 0 Å². The van der Waals surface area contributed by atoms with E-state index in [1.807, 2.05) is 39.8 Å². The van der Waals surface area contributed by atoms with Gasteiger partial charge in [-0.15, -0.1) is 17.0 Å². The van der Waals surface area contributed by atoms with Crippen LogP contribution in [0.25, 0.3) is 0 Å². The molecule has 2 N–H and O–H groups in total. The highest BCUT2D eigenvalue weighted by molar-refractivity contribution is 8.93. The summed E-state index contributed by atoms with van der Waals surface area (Å²) in [6.45, 7) is 7.61. The third kappa shape index (κ3) is 5.27. The maximum atomic E-state index is 13.1. The summed E-state index contributed by atoms with van der Waals surface area (Å²) >= 11 is 0. The normalized spacial score (nSPS) is 12.8. The average molecular weight is 506 g/mol. The molecule has 0 bridgehead atoms. The highest BCUT2D eigenvalue weighted by atomic mass is 79.9. The summed E-state index contributed by atoms with van der Waals surface area (Å²) in [5, 5.41) is 19.0. The van der Waals surface area contributed by atoms with Crippen molar-refractivity contribution in [2.45, 2.75) is 39.7 Å². The van der Waals surface area contributed by atoms with Gasteiger partial charge in [0.1, 0.15) is 11.5 Å². The minimum absolute atomic E-state index is 0. The van der Waals surface area contributed by atoms with E-state index in [0.717, 1.165) is 11.3 Å². The number of ether oxygens (including phenoxy) is 2. The predicted octanol–water partition coefficient (Wildman–Crippen LogP) is 3.55. The van der Waals surface area contributed by atoms with Gasteiger partial charge in [-0.2, -0.15) is 0 Å². The molecular weight excluding hydrogens is 478 g/mol. The highest BCUT2D eigenvalue weighted by Crippen LogP contribution is 2.39. The molecule has 32 heavy (non-hydrogen) atoms. The summed E-state index contributed by atoms with van der Waals surface area (Å²) in [7, 11) is 1.24. The number of esters is 1. The molecule has 0 amide bonds. The number of phenolic OH excluding ortho intramolecular Hbond substituents is 1. The van der Waals surface area contributed by atoms with Crippen LogP contribution in [0.4, 0.5) is 0 Å². The van der Waals surface area contributed by atoms with Crippen molar-refractivity contribution in [3.8, 4) is 11.5 Å². The van der Waals surface area contributed by atoms with Crippen LogP contribution in [0.5, 0.6) is 11.5 Å². The first kappa shape index (κ1) is 25.3. The molecule has 0 atom stereocenters. The number of hydrogen-bond donors (Lipinski definition) is 2. The minimum Gasteiger partial charge on any atom is -0.504 e. The van der Waals surface area contributed by atoms with Crippen molar-refractivity contribution in [3.05, 3.63) is 52.3 Å². The fourth-order valence-electron chi connectivity index (χ4n) is 3.40.